The van der Waals surface area contributed by atoms with Crippen molar-refractivity contribution in [3.05, 3.63) is 100 Å². The topological polar surface area (TPSA) is 113 Å². The van der Waals surface area contributed by atoms with Gasteiger partial charge in [-0.25, -0.2) is 0 Å². The van der Waals surface area contributed by atoms with Gasteiger partial charge in [-0.3, -0.25) is 14.9 Å². The van der Waals surface area contributed by atoms with Crippen LogP contribution in [0.3, 0.4) is 0 Å². The Kier molecular flexibility index (Phi) is 6.57. The smallest absolute Gasteiger partial charge is 0.259 e. The summed E-state index contributed by atoms with van der Waals surface area (Å²) in [4.78, 5) is 33.7. The molecule has 0 spiro atoms. The highest BCUT2D eigenvalue weighted by Gasteiger charge is 2.37. The first-order valence-electron chi connectivity index (χ1n) is 12.1. The Morgan fingerprint density at radius 2 is 1.50 bits per heavy atom. The fourth-order valence-electron chi connectivity index (χ4n) is 5.37. The third-order valence-corrected chi connectivity index (χ3v) is 7.02. The van der Waals surface area contributed by atoms with Gasteiger partial charge in [-0.05, 0) is 42.3 Å². The number of methoxy groups -OCH3 is 1. The van der Waals surface area contributed by atoms with Crippen molar-refractivity contribution in [2.75, 3.05) is 7.11 Å². The van der Waals surface area contributed by atoms with E-state index in [2.05, 4.69) is 21.4 Å². The molecule has 0 radical (unpaired) electrons. The van der Waals surface area contributed by atoms with Crippen molar-refractivity contribution in [2.24, 2.45) is 5.73 Å². The molecule has 2 aromatic heterocycles. The lowest BCUT2D eigenvalue weighted by Crippen LogP contribution is -2.23. The van der Waals surface area contributed by atoms with E-state index in [1.54, 1.807) is 7.11 Å². The van der Waals surface area contributed by atoms with Gasteiger partial charge in [0.05, 0.1) is 18.3 Å². The molecule has 1 aliphatic heterocycles. The second-order valence-corrected chi connectivity index (χ2v) is 9.29. The predicted molar refractivity (Wildman–Crippen MR) is 152 cm³/mol. The highest BCUT2D eigenvalue weighted by atomic mass is 35.5. The van der Waals surface area contributed by atoms with E-state index in [4.69, 9.17) is 10.5 Å². The number of H-pyrrole nitrogens is 2. The number of rotatable bonds is 6. The molecule has 7 nitrogen and oxygen atoms in total. The Bertz CT molecular complexity index is 1760. The number of hydrogen-bond donors (Lipinski definition) is 4. The minimum absolute atomic E-state index is 0. The maximum atomic E-state index is 13.5. The Morgan fingerprint density at radius 3 is 2.26 bits per heavy atom. The molecule has 0 saturated carbocycles. The van der Waals surface area contributed by atoms with E-state index in [1.807, 2.05) is 67.6 Å². The predicted octanol–water partition coefficient (Wildman–Crippen LogP) is 5.00. The number of benzene rings is 3. The third-order valence-electron chi connectivity index (χ3n) is 7.02. The molecule has 3 aromatic carbocycles. The quantitative estimate of drug-likeness (QED) is 0.233. The third kappa shape index (κ3) is 4.06. The standard InChI is InChI=1S/C30H26N4O3.ClH/c1-16-25(21-14-19(37-2)10-11-23(21)32-16)27-28(30(36)34-29(27)35)26-20-8-3-4-9-22(20)33-24(26)13-17-6-5-7-18(12-17)15-31;/h3-12,14,32-33H,13,15,31H2,1-2H3,(H,34,35,36);1H. The molecular formula is C30H27ClN4O3. The molecule has 0 unspecified atom stereocenters. The monoisotopic (exact) mass is 526 g/mol. The average Bonchev–Trinajstić information content (AvgIpc) is 3.51. The zero-order chi connectivity index (χ0) is 25.7. The van der Waals surface area contributed by atoms with Crippen LogP contribution in [0.15, 0.2) is 66.7 Å². The van der Waals surface area contributed by atoms with E-state index in [0.717, 1.165) is 49.9 Å². The Labute approximate surface area is 225 Å². The molecule has 0 fully saturated rings. The minimum Gasteiger partial charge on any atom is -0.497 e. The van der Waals surface area contributed by atoms with Crippen molar-refractivity contribution in [3.63, 3.8) is 0 Å². The zero-order valence-electron chi connectivity index (χ0n) is 21.0. The molecule has 8 heteroatoms. The summed E-state index contributed by atoms with van der Waals surface area (Å²) in [6, 6.07) is 21.6. The summed E-state index contributed by atoms with van der Waals surface area (Å²) in [6.45, 7) is 2.36. The summed E-state index contributed by atoms with van der Waals surface area (Å²) < 4.78 is 5.45. The number of nitrogens with two attached hydrogens (primary N) is 1. The fraction of sp³-hybridized carbons (Fsp3) is 0.133. The number of aromatic amines is 2. The van der Waals surface area contributed by atoms with Crippen LogP contribution in [-0.2, 0) is 22.6 Å². The van der Waals surface area contributed by atoms with Gasteiger partial charge in [0.1, 0.15) is 5.75 Å². The number of amides is 2. The van der Waals surface area contributed by atoms with Gasteiger partial charge in [0, 0.05) is 57.3 Å². The minimum atomic E-state index is -0.409. The van der Waals surface area contributed by atoms with Crippen LogP contribution in [-0.4, -0.2) is 28.9 Å². The van der Waals surface area contributed by atoms with Crippen LogP contribution in [0.25, 0.3) is 33.0 Å². The summed E-state index contributed by atoms with van der Waals surface area (Å²) in [5.41, 5.74) is 13.6. The molecule has 192 valence electrons. The number of para-hydroxylation sites is 1. The highest BCUT2D eigenvalue weighted by molar-refractivity contribution is 6.51. The summed E-state index contributed by atoms with van der Waals surface area (Å²) in [6.07, 6.45) is 0.552. The number of fused-ring (bicyclic) bond motifs is 2. The molecule has 5 aromatic rings. The van der Waals surface area contributed by atoms with Crippen molar-refractivity contribution in [1.82, 2.24) is 15.3 Å². The van der Waals surface area contributed by atoms with Crippen LogP contribution in [0.1, 0.15) is 33.6 Å². The molecule has 5 N–H and O–H groups in total. The van der Waals surface area contributed by atoms with E-state index in [1.165, 1.54) is 0 Å². The van der Waals surface area contributed by atoms with Gasteiger partial charge in [-0.2, -0.15) is 0 Å². The summed E-state index contributed by atoms with van der Waals surface area (Å²) in [7, 11) is 1.61. The van der Waals surface area contributed by atoms with Gasteiger partial charge in [0.25, 0.3) is 11.8 Å². The second kappa shape index (κ2) is 9.85. The molecule has 6 rings (SSSR count). The average molecular weight is 527 g/mol. The maximum absolute atomic E-state index is 13.5. The molecule has 2 amide bonds. The second-order valence-electron chi connectivity index (χ2n) is 9.29. The van der Waals surface area contributed by atoms with Gasteiger partial charge >= 0.3 is 0 Å². The normalized spacial score (nSPS) is 13.3. The van der Waals surface area contributed by atoms with Crippen molar-refractivity contribution in [2.45, 2.75) is 19.9 Å². The molecule has 1 aliphatic rings. The fourth-order valence-corrected chi connectivity index (χ4v) is 5.37. The molecule has 0 saturated heterocycles. The SMILES string of the molecule is COc1ccc2[nH]c(C)c(C3=C(c4c(Cc5cccc(CN)c5)[nH]c5ccccc45)C(=O)NC3=O)c2c1.Cl. The lowest BCUT2D eigenvalue weighted by atomic mass is 9.91. The first-order valence-corrected chi connectivity index (χ1v) is 12.1. The van der Waals surface area contributed by atoms with E-state index >= 15 is 0 Å². The van der Waals surface area contributed by atoms with Crippen LogP contribution < -0.4 is 15.8 Å². The van der Waals surface area contributed by atoms with Crippen molar-refractivity contribution >= 4 is 57.2 Å². The van der Waals surface area contributed by atoms with E-state index < -0.39 is 11.8 Å². The Balaban J connectivity index is 0.00000294. The molecule has 0 atom stereocenters. The molecule has 38 heavy (non-hydrogen) atoms. The number of imide groups is 1. The number of ether oxygens (including phenoxy) is 1. The number of carbonyl (C=O) groups is 2. The molecular weight excluding hydrogens is 500 g/mol. The number of nitrogens with one attached hydrogen (secondary N) is 3. The first kappa shape index (κ1) is 25.3. The molecule has 3 heterocycles. The van der Waals surface area contributed by atoms with E-state index in [-0.39, 0.29) is 12.4 Å². The van der Waals surface area contributed by atoms with Crippen LogP contribution in [0, 0.1) is 6.92 Å². The number of carbonyl (C=O) groups excluding carboxylic acids is 2. The van der Waals surface area contributed by atoms with Crippen molar-refractivity contribution < 1.29 is 14.3 Å². The van der Waals surface area contributed by atoms with Crippen LogP contribution in [0.5, 0.6) is 5.75 Å². The van der Waals surface area contributed by atoms with Gasteiger partial charge in [-0.15, -0.1) is 12.4 Å². The number of aryl methyl sites for hydroxylation is 1. The Morgan fingerprint density at radius 1 is 0.789 bits per heavy atom. The van der Waals surface area contributed by atoms with Gasteiger partial charge < -0.3 is 20.4 Å². The number of halogens is 1. The number of hydrogen-bond acceptors (Lipinski definition) is 4. The zero-order valence-corrected chi connectivity index (χ0v) is 21.8. The lowest BCUT2D eigenvalue weighted by molar-refractivity contribution is -0.122. The van der Waals surface area contributed by atoms with Crippen LogP contribution in [0.4, 0.5) is 0 Å². The van der Waals surface area contributed by atoms with Crippen LogP contribution in [0.2, 0.25) is 0 Å². The highest BCUT2D eigenvalue weighted by Crippen LogP contribution is 2.41. The summed E-state index contributed by atoms with van der Waals surface area (Å²) in [5, 5.41) is 4.27. The maximum Gasteiger partial charge on any atom is 0.259 e. The lowest BCUT2D eigenvalue weighted by Gasteiger charge is -2.09. The van der Waals surface area contributed by atoms with Crippen molar-refractivity contribution in [3.8, 4) is 5.75 Å². The van der Waals surface area contributed by atoms with Gasteiger partial charge in [0.15, 0.2) is 0 Å². The Hall–Kier alpha value is -4.33. The van der Waals surface area contributed by atoms with Gasteiger partial charge in [0.2, 0.25) is 0 Å². The van der Waals surface area contributed by atoms with Gasteiger partial charge in [-0.1, -0.05) is 42.5 Å². The van der Waals surface area contributed by atoms with Crippen LogP contribution >= 0.6 is 12.4 Å². The van der Waals surface area contributed by atoms with E-state index in [9.17, 15) is 9.59 Å². The first-order chi connectivity index (χ1) is 18.0. The molecule has 0 aliphatic carbocycles. The van der Waals surface area contributed by atoms with E-state index in [0.29, 0.717) is 35.4 Å². The number of aromatic nitrogens is 2. The summed E-state index contributed by atoms with van der Waals surface area (Å²) in [5.74, 6) is -0.140. The molecule has 0 bridgehead atoms. The summed E-state index contributed by atoms with van der Waals surface area (Å²) >= 11 is 0. The largest absolute Gasteiger partial charge is 0.497 e. The van der Waals surface area contributed by atoms with Crippen molar-refractivity contribution in [1.29, 1.82) is 0 Å².